The van der Waals surface area contributed by atoms with Gasteiger partial charge in [-0.3, -0.25) is 0 Å². The molecule has 2 atom stereocenters. The molecule has 3 aromatic carbocycles. The number of aliphatic imine (C=N–C) groups is 1. The number of urea groups is 1. The molecule has 2 heterocycles. The molecule has 8 nitrogen and oxygen atoms in total. The second kappa shape index (κ2) is 13.8. The highest BCUT2D eigenvalue weighted by Gasteiger charge is 2.31. The molecule has 0 aliphatic carbocycles. The van der Waals surface area contributed by atoms with Crippen molar-refractivity contribution in [3.05, 3.63) is 90.0 Å². The number of carbonyl (C=O) groups is 1. The van der Waals surface area contributed by atoms with Gasteiger partial charge in [0, 0.05) is 23.5 Å². The van der Waals surface area contributed by atoms with Crippen LogP contribution in [0.15, 0.2) is 78.0 Å². The maximum absolute atomic E-state index is 15.1. The summed E-state index contributed by atoms with van der Waals surface area (Å²) in [5, 5.41) is 6.55. The van der Waals surface area contributed by atoms with Crippen molar-refractivity contribution in [1.29, 1.82) is 0 Å². The van der Waals surface area contributed by atoms with Crippen molar-refractivity contribution in [1.82, 2.24) is 20.1 Å². The van der Waals surface area contributed by atoms with Gasteiger partial charge >= 0.3 is 12.4 Å². The van der Waals surface area contributed by atoms with Crippen LogP contribution in [0.1, 0.15) is 43.5 Å². The molecule has 5 rings (SSSR count). The van der Waals surface area contributed by atoms with Gasteiger partial charge < -0.3 is 15.0 Å². The van der Waals surface area contributed by atoms with Gasteiger partial charge in [0.15, 0.2) is 17.2 Å². The van der Waals surface area contributed by atoms with Crippen LogP contribution in [0.5, 0.6) is 5.75 Å². The summed E-state index contributed by atoms with van der Waals surface area (Å²) in [6.07, 6.45) is -7.28. The Kier molecular flexibility index (Phi) is 9.89. The van der Waals surface area contributed by atoms with E-state index in [2.05, 4.69) is 19.8 Å². The largest absolute Gasteiger partial charge is 0.573 e. The fourth-order valence-corrected chi connectivity index (χ4v) is 5.67. The number of amidine groups is 1. The van der Waals surface area contributed by atoms with Crippen LogP contribution in [0, 0.1) is 5.82 Å². The number of alkyl halides is 5. The molecule has 1 saturated heterocycles. The summed E-state index contributed by atoms with van der Waals surface area (Å²) in [6, 6.07) is 13.9. The van der Waals surface area contributed by atoms with Crippen LogP contribution in [0.3, 0.4) is 0 Å². The minimum absolute atomic E-state index is 0.00407. The van der Waals surface area contributed by atoms with Crippen LogP contribution in [0.2, 0.25) is 0 Å². The first kappa shape index (κ1) is 32.9. The molecular weight excluding hydrogens is 634 g/mol. The Morgan fingerprint density at radius 2 is 1.76 bits per heavy atom. The van der Waals surface area contributed by atoms with Gasteiger partial charge in [0.25, 0.3) is 0 Å². The first-order valence-corrected chi connectivity index (χ1v) is 15.1. The quantitative estimate of drug-likeness (QED) is 0.152. The minimum Gasteiger partial charge on any atom is -0.406 e. The van der Waals surface area contributed by atoms with E-state index in [1.807, 2.05) is 19.2 Å². The number of ether oxygens (including phenoxy) is 1. The summed E-state index contributed by atoms with van der Waals surface area (Å²) in [5.74, 6) is 0.135. The number of nitrogens with one attached hydrogen (secondary N) is 1. The van der Waals surface area contributed by atoms with E-state index < -0.39 is 24.9 Å². The van der Waals surface area contributed by atoms with Gasteiger partial charge in [-0.15, -0.1) is 18.3 Å². The van der Waals surface area contributed by atoms with Crippen LogP contribution >= 0.6 is 11.8 Å². The predicted molar refractivity (Wildman–Crippen MR) is 163 cm³/mol. The summed E-state index contributed by atoms with van der Waals surface area (Å²) >= 11 is 1.30. The number of thioether (sulfide) groups is 1. The molecule has 2 unspecified atom stereocenters. The molecular formula is C31H28F6N6O2S. The third-order valence-electron chi connectivity index (χ3n) is 6.92. The van der Waals surface area contributed by atoms with Crippen molar-refractivity contribution < 1.29 is 35.9 Å². The Morgan fingerprint density at radius 3 is 2.43 bits per heavy atom. The third kappa shape index (κ3) is 8.00. The summed E-state index contributed by atoms with van der Waals surface area (Å²) in [5.41, 5.74) is 2.27. The smallest absolute Gasteiger partial charge is 0.406 e. The summed E-state index contributed by atoms with van der Waals surface area (Å²) in [6.45, 7) is 4.37. The number of hydrogen-bond acceptors (Lipinski definition) is 5. The van der Waals surface area contributed by atoms with E-state index in [1.54, 1.807) is 11.0 Å². The second-order valence-electron chi connectivity index (χ2n) is 10.5. The monoisotopic (exact) mass is 662 g/mol. The maximum atomic E-state index is 15.1. The second-order valence-corrected chi connectivity index (χ2v) is 11.6. The number of carbonyl (C=O) groups excluding carboxylic acids is 1. The van der Waals surface area contributed by atoms with Gasteiger partial charge in [-0.2, -0.15) is 4.99 Å². The van der Waals surface area contributed by atoms with E-state index in [9.17, 15) is 26.7 Å². The van der Waals surface area contributed by atoms with E-state index in [-0.39, 0.29) is 28.9 Å². The molecule has 1 N–H and O–H groups in total. The van der Waals surface area contributed by atoms with Gasteiger partial charge in [-0.25, -0.2) is 27.6 Å². The number of nitrogens with zero attached hydrogens (tertiary/aromatic N) is 5. The molecule has 1 aliphatic heterocycles. The fourth-order valence-electron chi connectivity index (χ4n) is 4.72. The van der Waals surface area contributed by atoms with Crippen molar-refractivity contribution in [2.75, 3.05) is 17.2 Å². The first-order valence-electron chi connectivity index (χ1n) is 14.1. The van der Waals surface area contributed by atoms with Crippen LogP contribution in [-0.2, 0) is 0 Å². The van der Waals surface area contributed by atoms with Crippen molar-refractivity contribution >= 4 is 28.6 Å². The van der Waals surface area contributed by atoms with Crippen LogP contribution in [-0.4, -0.2) is 50.9 Å². The molecule has 1 aromatic heterocycles. The zero-order valence-electron chi connectivity index (χ0n) is 24.5. The van der Waals surface area contributed by atoms with Gasteiger partial charge in [0.05, 0.1) is 5.69 Å². The average molecular weight is 663 g/mol. The number of aromatic nitrogens is 3. The Hall–Kier alpha value is -4.53. The average Bonchev–Trinajstić information content (AvgIpc) is 3.51. The van der Waals surface area contributed by atoms with E-state index in [0.29, 0.717) is 34.4 Å². The lowest BCUT2D eigenvalue weighted by Crippen LogP contribution is -2.38. The highest BCUT2D eigenvalue weighted by molar-refractivity contribution is 8.14. The molecule has 1 aliphatic rings. The Labute approximate surface area is 264 Å². The molecule has 15 heteroatoms. The normalized spacial score (nSPS) is 16.0. The van der Waals surface area contributed by atoms with Crippen LogP contribution in [0.4, 0.5) is 36.8 Å². The Bertz CT molecular complexity index is 1700. The van der Waals surface area contributed by atoms with E-state index in [0.717, 1.165) is 24.1 Å². The molecule has 1 fully saturated rings. The topological polar surface area (TPSA) is 84.6 Å². The van der Waals surface area contributed by atoms with Gasteiger partial charge in [0.2, 0.25) is 6.30 Å². The van der Waals surface area contributed by atoms with E-state index in [1.165, 1.54) is 71.3 Å². The number of halogens is 6. The highest BCUT2D eigenvalue weighted by Crippen LogP contribution is 2.33. The fraction of sp³-hybridized carbons (Fsp3) is 0.290. The lowest BCUT2D eigenvalue weighted by Gasteiger charge is -2.32. The van der Waals surface area contributed by atoms with Gasteiger partial charge in [-0.05, 0) is 65.9 Å². The van der Waals surface area contributed by atoms with Crippen molar-refractivity contribution in [2.45, 2.75) is 45.0 Å². The summed E-state index contributed by atoms with van der Waals surface area (Å²) in [4.78, 5) is 22.6. The lowest BCUT2D eigenvalue weighted by molar-refractivity contribution is -0.274. The van der Waals surface area contributed by atoms with Crippen LogP contribution in [0.25, 0.3) is 17.1 Å². The SMILES string of the molecule is CC(C)c1cc(F)ccc1N1CCCS/C1=N\C(=O)NC(F)C(F)c1ccc(-c2ncn(-c3ccc(OC(F)(F)F)cc3)n2)cc1. The summed E-state index contributed by atoms with van der Waals surface area (Å²) in [7, 11) is 0. The van der Waals surface area contributed by atoms with Gasteiger partial charge in [-0.1, -0.05) is 49.9 Å². The number of hydrogen-bond donors (Lipinski definition) is 1. The molecule has 46 heavy (non-hydrogen) atoms. The Balaban J connectivity index is 1.23. The minimum atomic E-state index is -4.81. The van der Waals surface area contributed by atoms with Crippen LogP contribution < -0.4 is 15.0 Å². The predicted octanol–water partition coefficient (Wildman–Crippen LogP) is 8.11. The first-order chi connectivity index (χ1) is 21.9. The number of rotatable bonds is 8. The van der Waals surface area contributed by atoms with Crippen molar-refractivity contribution in [3.8, 4) is 22.8 Å². The number of benzene rings is 3. The molecule has 0 saturated carbocycles. The number of anilines is 1. The molecule has 4 aromatic rings. The Morgan fingerprint density at radius 1 is 1.04 bits per heavy atom. The lowest BCUT2D eigenvalue weighted by atomic mass is 10.00. The van der Waals surface area contributed by atoms with E-state index in [4.69, 9.17) is 0 Å². The van der Waals surface area contributed by atoms with Gasteiger partial charge in [0.1, 0.15) is 17.9 Å². The molecule has 242 valence electrons. The maximum Gasteiger partial charge on any atom is 0.573 e. The molecule has 0 bridgehead atoms. The summed E-state index contributed by atoms with van der Waals surface area (Å²) < 4.78 is 86.3. The molecule has 0 spiro atoms. The van der Waals surface area contributed by atoms with E-state index >= 15 is 4.39 Å². The highest BCUT2D eigenvalue weighted by atomic mass is 32.2. The third-order valence-corrected chi connectivity index (χ3v) is 7.98. The molecule has 2 amide bonds. The number of amides is 2. The van der Waals surface area contributed by atoms with Crippen molar-refractivity contribution in [2.24, 2.45) is 4.99 Å². The zero-order valence-corrected chi connectivity index (χ0v) is 25.3. The molecule has 0 radical (unpaired) electrons. The standard InChI is InChI=1S/C31H28F6N6O2S/c1-18(2)24-16-21(32)8-13-25(24)42-14-3-15-46-30(42)40-29(44)39-27(34)26(33)19-4-6-20(7-5-19)28-38-17-43(41-28)22-9-11-23(12-10-22)45-31(35,36)37/h4-13,16-18,26-27H,3,14-15H2,1-2H3,(H,39,44)/b40-30-. The van der Waals surface area contributed by atoms with Crippen molar-refractivity contribution in [3.63, 3.8) is 0 Å². The zero-order chi connectivity index (χ0) is 33.0.